The number of hydrogen-bond donors (Lipinski definition) is 1. The lowest BCUT2D eigenvalue weighted by atomic mass is 10.0. The van der Waals surface area contributed by atoms with Crippen LogP contribution in [0.1, 0.15) is 23.0 Å². The number of benzene rings is 2. The van der Waals surface area contributed by atoms with Crippen molar-refractivity contribution in [1.82, 2.24) is 14.9 Å². The van der Waals surface area contributed by atoms with Gasteiger partial charge in [0.25, 0.3) is 5.56 Å². The third kappa shape index (κ3) is 2.12. The lowest BCUT2D eigenvalue weighted by Gasteiger charge is -2.20. The van der Waals surface area contributed by atoms with Crippen molar-refractivity contribution in [3.05, 3.63) is 69.8 Å². The molecule has 0 amide bonds. The zero-order chi connectivity index (χ0) is 16.0. The van der Waals surface area contributed by atoms with E-state index in [1.165, 1.54) is 11.1 Å². The molecule has 23 heavy (non-hydrogen) atoms. The minimum absolute atomic E-state index is 0.0480. The summed E-state index contributed by atoms with van der Waals surface area (Å²) in [5, 5.41) is 0.544. The number of fused-ring (bicyclic) bond motifs is 2. The number of ether oxygens (including phenoxy) is 1. The van der Waals surface area contributed by atoms with Crippen molar-refractivity contribution < 1.29 is 4.74 Å². The minimum Gasteiger partial charge on any atom is -0.494 e. The summed E-state index contributed by atoms with van der Waals surface area (Å²) in [6.45, 7) is 0.842. The Balaban J connectivity index is 1.95. The van der Waals surface area contributed by atoms with Crippen molar-refractivity contribution in [3.8, 4) is 5.75 Å². The van der Waals surface area contributed by atoms with Crippen LogP contribution in [0.2, 0.25) is 0 Å². The van der Waals surface area contributed by atoms with Crippen LogP contribution < -0.4 is 10.3 Å². The highest BCUT2D eigenvalue weighted by Gasteiger charge is 2.30. The molecule has 1 atom stereocenters. The number of methoxy groups -OCH3 is 1. The topological polar surface area (TPSA) is 58.2 Å². The van der Waals surface area contributed by atoms with Crippen LogP contribution in [0.5, 0.6) is 5.75 Å². The maximum atomic E-state index is 12.5. The zero-order valence-electron chi connectivity index (χ0n) is 13.0. The molecule has 4 rings (SSSR count). The van der Waals surface area contributed by atoms with Crippen LogP contribution in [-0.4, -0.2) is 29.0 Å². The number of nitrogens with zero attached hydrogens (tertiary/aromatic N) is 2. The van der Waals surface area contributed by atoms with Crippen LogP contribution in [0, 0.1) is 0 Å². The van der Waals surface area contributed by atoms with Gasteiger partial charge in [-0.25, -0.2) is 4.98 Å². The summed E-state index contributed by atoms with van der Waals surface area (Å²) in [4.78, 5) is 22.3. The second-order valence-corrected chi connectivity index (χ2v) is 5.82. The molecule has 1 N–H and O–H groups in total. The number of H-pyrrole nitrogens is 1. The third-order valence-electron chi connectivity index (χ3n) is 4.41. The fourth-order valence-electron chi connectivity index (χ4n) is 3.35. The number of aromatic nitrogens is 2. The second-order valence-electron chi connectivity index (χ2n) is 5.82. The van der Waals surface area contributed by atoms with Crippen molar-refractivity contribution in [1.29, 1.82) is 0 Å². The average Bonchev–Trinajstić information content (AvgIpc) is 2.90. The summed E-state index contributed by atoms with van der Waals surface area (Å²) in [5.41, 5.74) is 2.92. The molecule has 1 aliphatic rings. The Kier molecular flexibility index (Phi) is 3.16. The van der Waals surface area contributed by atoms with Gasteiger partial charge in [0.15, 0.2) is 0 Å². The quantitative estimate of drug-likeness (QED) is 0.790. The van der Waals surface area contributed by atoms with Gasteiger partial charge in [-0.15, -0.1) is 0 Å². The van der Waals surface area contributed by atoms with Crippen molar-refractivity contribution in [2.75, 3.05) is 14.2 Å². The summed E-state index contributed by atoms with van der Waals surface area (Å²) in [5.74, 6) is 1.27. The Hall–Kier alpha value is -2.66. The van der Waals surface area contributed by atoms with Crippen LogP contribution in [0.25, 0.3) is 10.9 Å². The Bertz CT molecular complexity index is 948. The van der Waals surface area contributed by atoms with Gasteiger partial charge in [-0.1, -0.05) is 30.3 Å². The molecule has 0 saturated carbocycles. The van der Waals surface area contributed by atoms with E-state index in [-0.39, 0.29) is 11.6 Å². The molecule has 5 nitrogen and oxygen atoms in total. The standard InChI is InChI=1S/C18H17N3O2/c1-21-10-11-6-3-4-7-12(11)16(21)17-19-15-13(18(22)20-17)8-5-9-14(15)23-2/h3-9,16H,10H2,1-2H3,(H,19,20,22). The predicted molar refractivity (Wildman–Crippen MR) is 88.7 cm³/mol. The van der Waals surface area contributed by atoms with Gasteiger partial charge in [0, 0.05) is 6.54 Å². The van der Waals surface area contributed by atoms with Gasteiger partial charge >= 0.3 is 0 Å². The van der Waals surface area contributed by atoms with E-state index in [2.05, 4.69) is 22.0 Å². The first-order valence-corrected chi connectivity index (χ1v) is 7.54. The number of hydrogen-bond acceptors (Lipinski definition) is 4. The summed E-state index contributed by atoms with van der Waals surface area (Å²) < 4.78 is 5.37. The highest BCUT2D eigenvalue weighted by atomic mass is 16.5. The van der Waals surface area contributed by atoms with Gasteiger partial charge in [0.1, 0.15) is 17.1 Å². The van der Waals surface area contributed by atoms with Gasteiger partial charge in [0.2, 0.25) is 0 Å². The van der Waals surface area contributed by atoms with Crippen molar-refractivity contribution >= 4 is 10.9 Å². The van der Waals surface area contributed by atoms with Gasteiger partial charge in [-0.2, -0.15) is 0 Å². The first kappa shape index (κ1) is 14.0. The Morgan fingerprint density at radius 3 is 2.87 bits per heavy atom. The molecule has 3 aromatic rings. The van der Waals surface area contributed by atoms with E-state index in [1.807, 2.05) is 25.2 Å². The predicted octanol–water partition coefficient (Wildman–Crippen LogP) is 2.47. The molecular formula is C18H17N3O2. The van der Waals surface area contributed by atoms with E-state index >= 15 is 0 Å². The second kappa shape index (κ2) is 5.21. The molecule has 2 aromatic carbocycles. The van der Waals surface area contributed by atoms with Crippen LogP contribution in [0.3, 0.4) is 0 Å². The Morgan fingerprint density at radius 2 is 2.04 bits per heavy atom. The van der Waals surface area contributed by atoms with Crippen LogP contribution in [-0.2, 0) is 6.54 Å². The molecule has 2 heterocycles. The van der Waals surface area contributed by atoms with E-state index in [1.54, 1.807) is 19.2 Å². The van der Waals surface area contributed by atoms with E-state index in [0.717, 1.165) is 6.54 Å². The molecular weight excluding hydrogens is 290 g/mol. The Morgan fingerprint density at radius 1 is 1.22 bits per heavy atom. The smallest absolute Gasteiger partial charge is 0.258 e. The molecule has 1 aliphatic heterocycles. The molecule has 116 valence electrons. The van der Waals surface area contributed by atoms with Gasteiger partial charge in [-0.3, -0.25) is 9.69 Å². The van der Waals surface area contributed by atoms with E-state index in [0.29, 0.717) is 22.5 Å². The normalized spacial score (nSPS) is 17.4. The SMILES string of the molecule is COc1cccc2c(=O)[nH]c(C3c4ccccc4CN3C)nc12. The fourth-order valence-corrected chi connectivity index (χ4v) is 3.35. The lowest BCUT2D eigenvalue weighted by Crippen LogP contribution is -2.23. The van der Waals surface area contributed by atoms with E-state index in [4.69, 9.17) is 9.72 Å². The highest BCUT2D eigenvalue weighted by Crippen LogP contribution is 2.36. The van der Waals surface area contributed by atoms with E-state index in [9.17, 15) is 4.79 Å². The molecule has 0 bridgehead atoms. The Labute approximate surface area is 133 Å². The molecule has 0 spiro atoms. The summed E-state index contributed by atoms with van der Waals surface area (Å²) in [6, 6.07) is 13.6. The number of para-hydroxylation sites is 1. The first-order chi connectivity index (χ1) is 11.2. The molecule has 0 saturated heterocycles. The third-order valence-corrected chi connectivity index (χ3v) is 4.41. The maximum Gasteiger partial charge on any atom is 0.258 e. The molecule has 5 heteroatoms. The number of rotatable bonds is 2. The van der Waals surface area contributed by atoms with Crippen LogP contribution in [0.4, 0.5) is 0 Å². The minimum atomic E-state index is -0.137. The summed E-state index contributed by atoms with van der Waals surface area (Å²) in [7, 11) is 3.63. The lowest BCUT2D eigenvalue weighted by molar-refractivity contribution is 0.294. The molecule has 0 fully saturated rings. The number of aromatic amines is 1. The molecule has 1 unspecified atom stereocenters. The summed E-state index contributed by atoms with van der Waals surface area (Å²) >= 11 is 0. The van der Waals surface area contributed by atoms with Gasteiger partial charge in [-0.05, 0) is 30.3 Å². The maximum absolute atomic E-state index is 12.5. The van der Waals surface area contributed by atoms with Gasteiger partial charge in [0.05, 0.1) is 18.5 Å². The van der Waals surface area contributed by atoms with Crippen molar-refractivity contribution in [3.63, 3.8) is 0 Å². The zero-order valence-corrected chi connectivity index (χ0v) is 13.0. The van der Waals surface area contributed by atoms with Crippen molar-refractivity contribution in [2.24, 2.45) is 0 Å². The first-order valence-electron chi connectivity index (χ1n) is 7.54. The molecule has 0 radical (unpaired) electrons. The largest absolute Gasteiger partial charge is 0.494 e. The number of nitrogens with one attached hydrogen (secondary N) is 1. The van der Waals surface area contributed by atoms with Crippen LogP contribution >= 0.6 is 0 Å². The average molecular weight is 307 g/mol. The monoisotopic (exact) mass is 307 g/mol. The van der Waals surface area contributed by atoms with Crippen molar-refractivity contribution in [2.45, 2.75) is 12.6 Å². The molecule has 1 aromatic heterocycles. The highest BCUT2D eigenvalue weighted by molar-refractivity contribution is 5.83. The van der Waals surface area contributed by atoms with Gasteiger partial charge < -0.3 is 9.72 Å². The van der Waals surface area contributed by atoms with Crippen LogP contribution in [0.15, 0.2) is 47.3 Å². The summed E-state index contributed by atoms with van der Waals surface area (Å²) in [6.07, 6.45) is 0. The molecule has 0 aliphatic carbocycles. The fraction of sp³-hybridized carbons (Fsp3) is 0.222. The van der Waals surface area contributed by atoms with E-state index < -0.39 is 0 Å².